The molecule has 2 amide bonds. The van der Waals surface area contributed by atoms with Crippen LogP contribution in [0.3, 0.4) is 0 Å². The van der Waals surface area contributed by atoms with Crippen molar-refractivity contribution in [1.82, 2.24) is 10.6 Å². The normalized spacial score (nSPS) is 10.5. The van der Waals surface area contributed by atoms with Gasteiger partial charge in [-0.3, -0.25) is 9.59 Å². The van der Waals surface area contributed by atoms with Crippen LogP contribution in [0.1, 0.15) is 37.0 Å². The van der Waals surface area contributed by atoms with E-state index in [1.807, 2.05) is 13.8 Å². The summed E-state index contributed by atoms with van der Waals surface area (Å²) in [5, 5.41) is 6.11. The Labute approximate surface area is 142 Å². The highest BCUT2D eigenvalue weighted by Crippen LogP contribution is 2.09. The van der Waals surface area contributed by atoms with Crippen molar-refractivity contribution in [3.05, 3.63) is 34.9 Å². The lowest BCUT2D eigenvalue weighted by atomic mass is 10.1. The van der Waals surface area contributed by atoms with Gasteiger partial charge >= 0.3 is 0 Å². The quantitative estimate of drug-likeness (QED) is 0.660. The van der Waals surface area contributed by atoms with Crippen LogP contribution in [0, 0.1) is 0 Å². The Morgan fingerprint density at radius 3 is 2.32 bits per heavy atom. The van der Waals surface area contributed by atoms with Crippen molar-refractivity contribution >= 4 is 35.8 Å². The van der Waals surface area contributed by atoms with Gasteiger partial charge in [0, 0.05) is 35.6 Å². The van der Waals surface area contributed by atoms with Gasteiger partial charge < -0.3 is 16.4 Å². The number of nitrogens with two attached hydrogens (primary N) is 1. The highest BCUT2D eigenvalue weighted by molar-refractivity contribution is 6.30. The summed E-state index contributed by atoms with van der Waals surface area (Å²) in [5.41, 5.74) is 5.90. The van der Waals surface area contributed by atoms with Crippen molar-refractivity contribution in [3.63, 3.8) is 0 Å². The minimum atomic E-state index is -0.418. The first-order valence-corrected chi connectivity index (χ1v) is 7.25. The van der Waals surface area contributed by atoms with E-state index in [2.05, 4.69) is 10.6 Å². The van der Waals surface area contributed by atoms with Gasteiger partial charge in [-0.2, -0.15) is 0 Å². The predicted molar refractivity (Wildman–Crippen MR) is 91.5 cm³/mol. The fourth-order valence-corrected chi connectivity index (χ4v) is 1.69. The largest absolute Gasteiger partial charge is 0.354 e. The summed E-state index contributed by atoms with van der Waals surface area (Å²) in [6, 6.07) is 6.65. The van der Waals surface area contributed by atoms with Gasteiger partial charge in [-0.05, 0) is 44.5 Å². The average Bonchev–Trinajstić information content (AvgIpc) is 2.41. The summed E-state index contributed by atoms with van der Waals surface area (Å²) in [4.78, 5) is 23.3. The monoisotopic (exact) mass is 347 g/mol. The molecule has 7 heteroatoms. The lowest BCUT2D eigenvalue weighted by molar-refractivity contribution is -0.121. The van der Waals surface area contributed by atoms with Crippen molar-refractivity contribution in [2.75, 3.05) is 13.1 Å². The van der Waals surface area contributed by atoms with Crippen LogP contribution in [0.25, 0.3) is 0 Å². The van der Waals surface area contributed by atoms with E-state index in [1.165, 1.54) is 0 Å². The minimum absolute atomic E-state index is 0. The molecule has 1 aromatic carbocycles. The standard InChI is InChI=1S/C15H22ClN3O2.ClH/c1-15(2,17)10-19-13(20)4-3-9-18-14(21)11-5-7-12(16)8-6-11;/h5-8H,3-4,9-10,17H2,1-2H3,(H,18,21)(H,19,20);1H. The molecule has 4 N–H and O–H groups in total. The SMILES string of the molecule is CC(C)(N)CNC(=O)CCCNC(=O)c1ccc(Cl)cc1.Cl. The zero-order chi connectivity index (χ0) is 15.9. The second kappa shape index (κ2) is 9.66. The zero-order valence-electron chi connectivity index (χ0n) is 12.8. The Hall–Kier alpha value is -1.30. The molecule has 0 unspecified atom stereocenters. The van der Waals surface area contributed by atoms with Crippen molar-refractivity contribution in [2.45, 2.75) is 32.2 Å². The van der Waals surface area contributed by atoms with Crippen molar-refractivity contribution in [3.8, 4) is 0 Å². The number of nitrogens with one attached hydrogen (secondary N) is 2. The molecule has 0 saturated carbocycles. The maximum Gasteiger partial charge on any atom is 0.251 e. The summed E-state index contributed by atoms with van der Waals surface area (Å²) in [5.74, 6) is -0.232. The van der Waals surface area contributed by atoms with Crippen molar-refractivity contribution in [1.29, 1.82) is 0 Å². The van der Waals surface area contributed by atoms with Gasteiger partial charge in [-0.1, -0.05) is 11.6 Å². The molecule has 1 rings (SSSR count). The minimum Gasteiger partial charge on any atom is -0.354 e. The van der Waals surface area contributed by atoms with E-state index in [0.29, 0.717) is 36.5 Å². The van der Waals surface area contributed by atoms with Crippen molar-refractivity contribution < 1.29 is 9.59 Å². The molecule has 22 heavy (non-hydrogen) atoms. The molecule has 0 atom stereocenters. The van der Waals surface area contributed by atoms with Crippen LogP contribution in [0.15, 0.2) is 24.3 Å². The van der Waals surface area contributed by atoms with Gasteiger partial charge in [0.25, 0.3) is 5.91 Å². The number of halogens is 2. The molecule has 0 fully saturated rings. The Bertz CT molecular complexity index is 485. The molecule has 0 spiro atoms. The topological polar surface area (TPSA) is 84.2 Å². The fraction of sp³-hybridized carbons (Fsp3) is 0.467. The molecule has 0 radical (unpaired) electrons. The summed E-state index contributed by atoms with van der Waals surface area (Å²) >= 11 is 5.75. The smallest absolute Gasteiger partial charge is 0.251 e. The van der Waals surface area contributed by atoms with E-state index in [9.17, 15) is 9.59 Å². The molecule has 0 aromatic heterocycles. The van der Waals surface area contributed by atoms with Crippen LogP contribution in [0.5, 0.6) is 0 Å². The van der Waals surface area contributed by atoms with Crippen molar-refractivity contribution in [2.24, 2.45) is 5.73 Å². The fourth-order valence-electron chi connectivity index (χ4n) is 1.57. The number of hydrogen-bond donors (Lipinski definition) is 3. The van der Waals surface area contributed by atoms with Gasteiger partial charge in [0.2, 0.25) is 5.91 Å². The van der Waals surface area contributed by atoms with E-state index in [0.717, 1.165) is 0 Å². The van der Waals surface area contributed by atoms with Gasteiger partial charge in [-0.25, -0.2) is 0 Å². The molecule has 0 heterocycles. The summed E-state index contributed by atoms with van der Waals surface area (Å²) in [6.45, 7) is 4.57. The van der Waals surface area contributed by atoms with Crippen LogP contribution in [0.4, 0.5) is 0 Å². The van der Waals surface area contributed by atoms with Gasteiger partial charge in [0.15, 0.2) is 0 Å². The number of rotatable bonds is 7. The number of carbonyl (C=O) groups is 2. The first kappa shape index (κ1) is 20.7. The summed E-state index contributed by atoms with van der Waals surface area (Å²) in [7, 11) is 0. The van der Waals surface area contributed by atoms with E-state index >= 15 is 0 Å². The second-order valence-electron chi connectivity index (χ2n) is 5.63. The number of hydrogen-bond acceptors (Lipinski definition) is 3. The first-order valence-electron chi connectivity index (χ1n) is 6.87. The molecule has 0 bridgehead atoms. The Morgan fingerprint density at radius 1 is 1.18 bits per heavy atom. The number of benzene rings is 1. The number of amides is 2. The van der Waals surface area contributed by atoms with Crippen LogP contribution in [0.2, 0.25) is 5.02 Å². The third-order valence-corrected chi connectivity index (χ3v) is 2.97. The molecule has 0 aliphatic carbocycles. The van der Waals surface area contributed by atoms with Crippen LogP contribution < -0.4 is 16.4 Å². The summed E-state index contributed by atoms with van der Waals surface area (Å²) < 4.78 is 0. The maximum absolute atomic E-state index is 11.8. The van der Waals surface area contributed by atoms with Crippen LogP contribution in [-0.4, -0.2) is 30.4 Å². The molecule has 0 aliphatic rings. The Morgan fingerprint density at radius 2 is 1.77 bits per heavy atom. The van der Waals surface area contributed by atoms with E-state index < -0.39 is 5.54 Å². The molecule has 0 saturated heterocycles. The van der Waals surface area contributed by atoms with E-state index in [-0.39, 0.29) is 24.2 Å². The lowest BCUT2D eigenvalue weighted by Crippen LogP contribution is -2.45. The van der Waals surface area contributed by atoms with Gasteiger partial charge in [0.1, 0.15) is 0 Å². The zero-order valence-corrected chi connectivity index (χ0v) is 14.4. The summed E-state index contributed by atoms with van der Waals surface area (Å²) in [6.07, 6.45) is 0.938. The molecule has 5 nitrogen and oxygen atoms in total. The highest BCUT2D eigenvalue weighted by Gasteiger charge is 2.12. The molecule has 1 aromatic rings. The van der Waals surface area contributed by atoms with Gasteiger partial charge in [0.05, 0.1) is 0 Å². The average molecular weight is 348 g/mol. The van der Waals surface area contributed by atoms with Gasteiger partial charge in [-0.15, -0.1) is 12.4 Å². The Balaban J connectivity index is 0.00000441. The molecular formula is C15H23Cl2N3O2. The molecule has 124 valence electrons. The lowest BCUT2D eigenvalue weighted by Gasteiger charge is -2.18. The maximum atomic E-state index is 11.8. The highest BCUT2D eigenvalue weighted by atomic mass is 35.5. The predicted octanol–water partition coefficient (Wildman–Crippen LogP) is 2.13. The molecule has 0 aliphatic heterocycles. The molecular weight excluding hydrogens is 325 g/mol. The third kappa shape index (κ3) is 8.87. The second-order valence-corrected chi connectivity index (χ2v) is 6.07. The number of carbonyl (C=O) groups excluding carboxylic acids is 2. The third-order valence-electron chi connectivity index (χ3n) is 2.71. The van der Waals surface area contributed by atoms with E-state index in [4.69, 9.17) is 17.3 Å². The van der Waals surface area contributed by atoms with E-state index in [1.54, 1.807) is 24.3 Å². The van der Waals surface area contributed by atoms with Crippen LogP contribution >= 0.6 is 24.0 Å². The first-order chi connectivity index (χ1) is 9.78. The van der Waals surface area contributed by atoms with Crippen LogP contribution in [-0.2, 0) is 4.79 Å². The Kier molecular flexibility index (Phi) is 9.09.